The van der Waals surface area contributed by atoms with Crippen LogP contribution in [0.2, 0.25) is 0 Å². The molecule has 69 heavy (non-hydrogen) atoms. The molecule has 0 aromatic heterocycles. The van der Waals surface area contributed by atoms with Gasteiger partial charge in [0.1, 0.15) is 0 Å². The molecular weight excluding hydrogens is 925 g/mol. The standard InChI is InChI=1S/C61H116O4S4/c1-5-9-13-17-21-25-29-33-37-41-45-53(57(62)66)49-61(50-54(58(63)67)46-42-38-34-30-26-22-18-14-10-6-2,51-55(59(64)68)47-43-39-35-31-27-23-19-15-11-7-3)52-56(60(65)69)48-44-40-36-32-28-24-20-16-12-8-4/h53-56H,5-52H2,1-4H3,(H,62,66)(H,63,67)(H,64,68)(H,65,69). The highest BCUT2D eigenvalue weighted by atomic mass is 32.1. The van der Waals surface area contributed by atoms with Gasteiger partial charge in [-0.1, -0.05) is 285 Å². The Hall–Kier alpha value is -0.440. The monoisotopic (exact) mass is 1040 g/mol. The van der Waals surface area contributed by atoms with Gasteiger partial charge in [-0.3, -0.25) is 0 Å². The summed E-state index contributed by atoms with van der Waals surface area (Å²) in [5, 5.41) is 45.7. The fourth-order valence-corrected chi connectivity index (χ4v) is 12.2. The van der Waals surface area contributed by atoms with Crippen LogP contribution in [0.1, 0.15) is 336 Å². The molecule has 0 aromatic rings. The van der Waals surface area contributed by atoms with Gasteiger partial charge in [-0.05, 0) is 106 Å². The number of hydrogen-bond acceptors (Lipinski definition) is 4. The van der Waals surface area contributed by atoms with E-state index in [2.05, 4.69) is 27.7 Å². The van der Waals surface area contributed by atoms with Crippen molar-refractivity contribution in [2.24, 2.45) is 29.1 Å². The van der Waals surface area contributed by atoms with Crippen LogP contribution in [0.4, 0.5) is 0 Å². The number of unbranched alkanes of at least 4 members (excludes halogenated alkanes) is 36. The molecule has 0 heterocycles. The molecule has 4 nitrogen and oxygen atoms in total. The maximum atomic E-state index is 11.4. The molecule has 0 spiro atoms. The molecule has 0 aliphatic rings. The van der Waals surface area contributed by atoms with Crippen molar-refractivity contribution in [2.75, 3.05) is 0 Å². The number of hydrogen-bond donors (Lipinski definition) is 4. The second kappa shape index (κ2) is 49.8. The quantitative estimate of drug-likeness (QED) is 0.0354. The van der Waals surface area contributed by atoms with E-state index in [9.17, 15) is 20.4 Å². The zero-order valence-corrected chi connectivity index (χ0v) is 49.4. The van der Waals surface area contributed by atoms with E-state index in [1.54, 1.807) is 0 Å². The SMILES string of the molecule is CCCCCCCCCCCCC(CC(CC(CCCCCCCCCCCC)C(O)=S)(CC(CCCCCCCCCCCC)C(O)=S)CC(CCCCCCCCCCCC)C(O)=S)C(O)=S. The molecule has 0 fully saturated rings. The van der Waals surface area contributed by atoms with E-state index in [0.717, 1.165) is 77.0 Å². The molecule has 4 unspecified atom stereocenters. The van der Waals surface area contributed by atoms with Crippen molar-refractivity contribution in [1.29, 1.82) is 0 Å². The highest BCUT2D eigenvalue weighted by molar-refractivity contribution is 7.80. The van der Waals surface area contributed by atoms with E-state index in [4.69, 9.17) is 48.9 Å². The Morgan fingerprint density at radius 1 is 0.246 bits per heavy atom. The summed E-state index contributed by atoms with van der Waals surface area (Å²) in [6.07, 6.45) is 55.6. The highest BCUT2D eigenvalue weighted by Gasteiger charge is 2.42. The maximum absolute atomic E-state index is 11.4. The summed E-state index contributed by atoms with van der Waals surface area (Å²) < 4.78 is 0. The molecule has 8 heteroatoms. The third-order valence-electron chi connectivity index (χ3n) is 15.7. The molecule has 0 saturated carbocycles. The summed E-state index contributed by atoms with van der Waals surface area (Å²) in [5.41, 5.74) is -0.516. The van der Waals surface area contributed by atoms with Crippen LogP contribution < -0.4 is 0 Å². The van der Waals surface area contributed by atoms with Gasteiger partial charge < -0.3 is 20.4 Å². The Balaban J connectivity index is 6.53. The van der Waals surface area contributed by atoms with E-state index >= 15 is 0 Å². The maximum Gasteiger partial charge on any atom is 0.159 e. The molecule has 0 aliphatic carbocycles. The minimum atomic E-state index is -0.516. The predicted molar refractivity (Wildman–Crippen MR) is 322 cm³/mol. The molecule has 0 bridgehead atoms. The zero-order valence-electron chi connectivity index (χ0n) is 46.2. The van der Waals surface area contributed by atoms with E-state index in [0.29, 0.717) is 25.7 Å². The summed E-state index contributed by atoms with van der Waals surface area (Å²) in [6, 6.07) is 0. The Labute approximate surface area is 451 Å². The van der Waals surface area contributed by atoms with Gasteiger partial charge >= 0.3 is 0 Å². The van der Waals surface area contributed by atoms with Crippen LogP contribution in [0.15, 0.2) is 0 Å². The first-order chi connectivity index (χ1) is 33.5. The largest absolute Gasteiger partial charge is 0.502 e. The van der Waals surface area contributed by atoms with Gasteiger partial charge in [0.25, 0.3) is 0 Å². The van der Waals surface area contributed by atoms with Gasteiger partial charge in [-0.25, -0.2) is 0 Å². The molecule has 0 saturated heterocycles. The molecule has 408 valence electrons. The number of thiocarbonyl (C=S) groups is 4. The molecule has 0 amide bonds. The van der Waals surface area contributed by atoms with E-state index in [1.807, 2.05) is 0 Å². The first-order valence-corrected chi connectivity index (χ1v) is 32.0. The van der Waals surface area contributed by atoms with Crippen molar-refractivity contribution in [1.82, 2.24) is 0 Å². The fraction of sp³-hybridized carbons (Fsp3) is 0.934. The van der Waals surface area contributed by atoms with E-state index < -0.39 is 5.41 Å². The Morgan fingerprint density at radius 3 is 0.507 bits per heavy atom. The first-order valence-electron chi connectivity index (χ1n) is 30.4. The Morgan fingerprint density at radius 2 is 0.377 bits per heavy atom. The molecule has 4 atom stereocenters. The minimum absolute atomic E-state index is 0.0590. The molecule has 0 aromatic carbocycles. The van der Waals surface area contributed by atoms with Crippen LogP contribution in [-0.4, -0.2) is 40.6 Å². The van der Waals surface area contributed by atoms with Gasteiger partial charge in [0.2, 0.25) is 0 Å². The summed E-state index contributed by atoms with van der Waals surface area (Å²) in [4.78, 5) is 0. The van der Waals surface area contributed by atoms with Gasteiger partial charge in [0, 0.05) is 23.7 Å². The minimum Gasteiger partial charge on any atom is -0.502 e. The molecule has 0 aliphatic heterocycles. The van der Waals surface area contributed by atoms with E-state index in [-0.39, 0.29) is 43.9 Å². The lowest BCUT2D eigenvalue weighted by Gasteiger charge is -2.43. The number of aliphatic hydroxyl groups excluding tert-OH is 4. The topological polar surface area (TPSA) is 80.9 Å². The summed E-state index contributed by atoms with van der Waals surface area (Å²) in [7, 11) is 0. The number of rotatable bonds is 56. The second-order valence-corrected chi connectivity index (χ2v) is 24.0. The van der Waals surface area contributed by atoms with E-state index in [1.165, 1.54) is 205 Å². The normalized spacial score (nSPS) is 14.3. The van der Waals surface area contributed by atoms with Crippen molar-refractivity contribution in [3.63, 3.8) is 0 Å². The van der Waals surface area contributed by atoms with Crippen molar-refractivity contribution < 1.29 is 20.4 Å². The predicted octanol–water partition coefficient (Wildman–Crippen LogP) is 22.8. The first kappa shape index (κ1) is 68.6. The third kappa shape index (κ3) is 41.6. The highest BCUT2D eigenvalue weighted by Crippen LogP contribution is 2.49. The average molecular weight is 1040 g/mol. The Kier molecular flexibility index (Phi) is 49.4. The van der Waals surface area contributed by atoms with Crippen molar-refractivity contribution in [3.05, 3.63) is 0 Å². The molecule has 0 radical (unpaired) electrons. The van der Waals surface area contributed by atoms with Crippen LogP contribution in [0.25, 0.3) is 0 Å². The lowest BCUT2D eigenvalue weighted by Crippen LogP contribution is -2.37. The van der Waals surface area contributed by atoms with Crippen molar-refractivity contribution in [3.8, 4) is 0 Å². The zero-order chi connectivity index (χ0) is 51.1. The van der Waals surface area contributed by atoms with Crippen molar-refractivity contribution >= 4 is 69.1 Å². The average Bonchev–Trinajstić information content (AvgIpc) is 3.32. The van der Waals surface area contributed by atoms with Gasteiger partial charge in [0.05, 0.1) is 0 Å². The van der Waals surface area contributed by atoms with Crippen LogP contribution in [-0.2, 0) is 0 Å². The second-order valence-electron chi connectivity index (χ2n) is 22.3. The van der Waals surface area contributed by atoms with Gasteiger partial charge in [0.15, 0.2) is 20.2 Å². The smallest absolute Gasteiger partial charge is 0.159 e. The lowest BCUT2D eigenvalue weighted by atomic mass is 9.62. The van der Waals surface area contributed by atoms with Crippen molar-refractivity contribution in [2.45, 2.75) is 336 Å². The third-order valence-corrected chi connectivity index (χ3v) is 17.1. The summed E-state index contributed by atoms with van der Waals surface area (Å²) in [5.74, 6) is -0.853. The van der Waals surface area contributed by atoms with Crippen LogP contribution >= 0.6 is 48.9 Å². The van der Waals surface area contributed by atoms with Crippen LogP contribution in [0.3, 0.4) is 0 Å². The van der Waals surface area contributed by atoms with Gasteiger partial charge in [-0.15, -0.1) is 0 Å². The fourth-order valence-electron chi connectivity index (χ4n) is 11.4. The molecular formula is C61H116O4S4. The summed E-state index contributed by atoms with van der Waals surface area (Å²) in [6.45, 7) is 9.08. The lowest BCUT2D eigenvalue weighted by molar-refractivity contribution is 0.112. The van der Waals surface area contributed by atoms with Gasteiger partial charge in [-0.2, -0.15) is 0 Å². The van der Waals surface area contributed by atoms with Crippen LogP contribution in [0.5, 0.6) is 0 Å². The number of aliphatic hydroxyl groups is 4. The molecule has 4 N–H and O–H groups in total. The van der Waals surface area contributed by atoms with Crippen LogP contribution in [0, 0.1) is 29.1 Å². The Bertz CT molecular complexity index is 1010. The summed E-state index contributed by atoms with van der Waals surface area (Å²) >= 11 is 22.9. The molecule has 0 rings (SSSR count).